The zero-order valence-corrected chi connectivity index (χ0v) is 9.52. The summed E-state index contributed by atoms with van der Waals surface area (Å²) in [5.74, 6) is -0.935. The molecule has 0 aliphatic carbocycles. The smallest absolute Gasteiger partial charge is 0.318 e. The van der Waals surface area contributed by atoms with Crippen LogP contribution in [0.5, 0.6) is 5.75 Å². The molecule has 0 amide bonds. The van der Waals surface area contributed by atoms with Crippen molar-refractivity contribution in [3.63, 3.8) is 0 Å². The molecular formula is C12H8N2O5. The number of rotatable bonds is 3. The summed E-state index contributed by atoms with van der Waals surface area (Å²) in [6.07, 6.45) is 0. The van der Waals surface area contributed by atoms with E-state index in [1.165, 1.54) is 0 Å². The van der Waals surface area contributed by atoms with Gasteiger partial charge in [0, 0.05) is 12.1 Å². The summed E-state index contributed by atoms with van der Waals surface area (Å²) in [4.78, 5) is 19.9. The molecular weight excluding hydrogens is 252 g/mol. The van der Waals surface area contributed by atoms with Gasteiger partial charge in [-0.2, -0.15) is 0 Å². The minimum atomic E-state index is -0.935. The maximum atomic E-state index is 10.8. The van der Waals surface area contributed by atoms with E-state index in [0.717, 1.165) is 12.1 Å². The zero-order chi connectivity index (χ0) is 14.0. The number of phenols is 1. The maximum absolute atomic E-state index is 10.8. The predicted octanol–water partition coefficient (Wildman–Crippen LogP) is 2.88. The second-order valence-corrected chi connectivity index (χ2v) is 3.74. The Bertz CT molecular complexity index is 619. The normalized spacial score (nSPS) is 10.1. The van der Waals surface area contributed by atoms with Crippen molar-refractivity contribution in [2.75, 3.05) is 0 Å². The summed E-state index contributed by atoms with van der Waals surface area (Å²) in [5.41, 5.74) is -0.480. The zero-order valence-electron chi connectivity index (χ0n) is 9.52. The summed E-state index contributed by atoms with van der Waals surface area (Å²) in [5, 5.41) is 31.1. The van der Waals surface area contributed by atoms with Crippen LogP contribution in [-0.4, -0.2) is 15.0 Å². The van der Waals surface area contributed by atoms with Crippen LogP contribution in [0.15, 0.2) is 42.5 Å². The van der Waals surface area contributed by atoms with Crippen LogP contribution in [0.25, 0.3) is 11.1 Å². The molecule has 0 aromatic heterocycles. The highest BCUT2D eigenvalue weighted by atomic mass is 16.6. The van der Waals surface area contributed by atoms with Gasteiger partial charge in [-0.05, 0) is 11.1 Å². The third-order valence-corrected chi connectivity index (χ3v) is 2.57. The number of hydrogen-bond acceptors (Lipinski definition) is 5. The lowest BCUT2D eigenvalue weighted by Gasteiger charge is -2.03. The molecule has 0 atom stereocenters. The van der Waals surface area contributed by atoms with Crippen LogP contribution in [0, 0.1) is 20.2 Å². The number of nitro benzene ring substituents is 2. The van der Waals surface area contributed by atoms with Crippen LogP contribution in [0.1, 0.15) is 0 Å². The van der Waals surface area contributed by atoms with E-state index in [9.17, 15) is 25.3 Å². The molecule has 7 nitrogen and oxygen atoms in total. The van der Waals surface area contributed by atoms with Crippen molar-refractivity contribution in [3.05, 3.63) is 62.7 Å². The first-order chi connectivity index (χ1) is 9.00. The molecule has 0 aliphatic heterocycles. The Kier molecular flexibility index (Phi) is 3.11. The summed E-state index contributed by atoms with van der Waals surface area (Å²) in [6.45, 7) is 0. The number of benzene rings is 2. The Morgan fingerprint density at radius 1 is 0.842 bits per heavy atom. The van der Waals surface area contributed by atoms with Crippen LogP contribution in [-0.2, 0) is 0 Å². The average Bonchev–Trinajstić information content (AvgIpc) is 2.39. The fourth-order valence-corrected chi connectivity index (χ4v) is 1.68. The highest BCUT2D eigenvalue weighted by molar-refractivity contribution is 5.74. The van der Waals surface area contributed by atoms with Gasteiger partial charge in [0.15, 0.2) is 0 Å². The lowest BCUT2D eigenvalue weighted by molar-refractivity contribution is -0.396. The van der Waals surface area contributed by atoms with Gasteiger partial charge in [0.2, 0.25) is 0 Å². The van der Waals surface area contributed by atoms with Gasteiger partial charge in [-0.25, -0.2) is 0 Å². The van der Waals surface area contributed by atoms with Crippen molar-refractivity contribution in [2.45, 2.75) is 0 Å². The number of nitrogens with zero attached hydrogens (tertiary/aromatic N) is 2. The summed E-state index contributed by atoms with van der Waals surface area (Å²) < 4.78 is 0. The van der Waals surface area contributed by atoms with Crippen LogP contribution in [0.3, 0.4) is 0 Å². The molecule has 7 heteroatoms. The van der Waals surface area contributed by atoms with E-state index < -0.39 is 27.0 Å². The molecule has 0 saturated heterocycles. The fourth-order valence-electron chi connectivity index (χ4n) is 1.68. The van der Waals surface area contributed by atoms with Crippen LogP contribution < -0.4 is 0 Å². The van der Waals surface area contributed by atoms with Gasteiger partial charge in [-0.1, -0.05) is 30.3 Å². The molecule has 0 radical (unpaired) electrons. The minimum Gasteiger partial charge on any atom is -0.497 e. The number of nitro groups is 2. The lowest BCUT2D eigenvalue weighted by atomic mass is 10.0. The van der Waals surface area contributed by atoms with Gasteiger partial charge < -0.3 is 5.11 Å². The third-order valence-electron chi connectivity index (χ3n) is 2.57. The molecule has 19 heavy (non-hydrogen) atoms. The first kappa shape index (κ1) is 12.5. The van der Waals surface area contributed by atoms with E-state index in [4.69, 9.17) is 0 Å². The minimum absolute atomic E-state index is 0.303. The molecule has 96 valence electrons. The number of aromatic hydroxyl groups is 1. The van der Waals surface area contributed by atoms with Crippen molar-refractivity contribution in [2.24, 2.45) is 0 Å². The molecule has 0 spiro atoms. The maximum Gasteiger partial charge on any atom is 0.318 e. The van der Waals surface area contributed by atoms with Gasteiger partial charge in [-0.3, -0.25) is 20.2 Å². The molecule has 2 rings (SSSR count). The van der Waals surface area contributed by atoms with E-state index in [0.29, 0.717) is 11.1 Å². The number of phenolic OH excluding ortho intramolecular Hbond substituents is 1. The molecule has 0 bridgehead atoms. The molecule has 2 aromatic carbocycles. The van der Waals surface area contributed by atoms with Crippen molar-refractivity contribution in [1.82, 2.24) is 0 Å². The number of hydrogen-bond donors (Lipinski definition) is 1. The lowest BCUT2D eigenvalue weighted by Crippen LogP contribution is -1.95. The Hall–Kier alpha value is -2.96. The van der Waals surface area contributed by atoms with Gasteiger partial charge in [0.1, 0.15) is 0 Å². The largest absolute Gasteiger partial charge is 0.497 e. The van der Waals surface area contributed by atoms with Crippen LogP contribution >= 0.6 is 0 Å². The van der Waals surface area contributed by atoms with Crippen molar-refractivity contribution < 1.29 is 15.0 Å². The standard InChI is InChI=1S/C12H8N2O5/c15-12-10(13(16)17)6-9(7-11(12)14(18)19)8-4-2-1-3-5-8/h1-7,15H. The van der Waals surface area contributed by atoms with E-state index >= 15 is 0 Å². The summed E-state index contributed by atoms with van der Waals surface area (Å²) >= 11 is 0. The van der Waals surface area contributed by atoms with E-state index in [1.807, 2.05) is 0 Å². The Balaban J connectivity index is 2.70. The highest BCUT2D eigenvalue weighted by Crippen LogP contribution is 2.39. The van der Waals surface area contributed by atoms with Crippen molar-refractivity contribution in [3.8, 4) is 16.9 Å². The summed E-state index contributed by atoms with van der Waals surface area (Å²) in [6, 6.07) is 10.7. The fraction of sp³-hybridized carbons (Fsp3) is 0. The molecule has 0 heterocycles. The molecule has 0 aliphatic rings. The van der Waals surface area contributed by atoms with E-state index in [-0.39, 0.29) is 0 Å². The van der Waals surface area contributed by atoms with Gasteiger partial charge in [0.05, 0.1) is 9.85 Å². The topological polar surface area (TPSA) is 107 Å². The average molecular weight is 260 g/mol. The van der Waals surface area contributed by atoms with Gasteiger partial charge >= 0.3 is 11.4 Å². The van der Waals surface area contributed by atoms with Gasteiger partial charge in [-0.15, -0.1) is 0 Å². The predicted molar refractivity (Wildman–Crippen MR) is 66.9 cm³/mol. The first-order valence-corrected chi connectivity index (χ1v) is 5.22. The van der Waals surface area contributed by atoms with Crippen molar-refractivity contribution >= 4 is 11.4 Å². The van der Waals surface area contributed by atoms with Crippen molar-refractivity contribution in [1.29, 1.82) is 0 Å². The summed E-state index contributed by atoms with van der Waals surface area (Å²) in [7, 11) is 0. The molecule has 0 fully saturated rings. The Morgan fingerprint density at radius 3 is 1.74 bits per heavy atom. The highest BCUT2D eigenvalue weighted by Gasteiger charge is 2.26. The second-order valence-electron chi connectivity index (χ2n) is 3.74. The van der Waals surface area contributed by atoms with E-state index in [1.54, 1.807) is 30.3 Å². The van der Waals surface area contributed by atoms with E-state index in [2.05, 4.69) is 0 Å². The molecule has 2 aromatic rings. The second kappa shape index (κ2) is 4.73. The SMILES string of the molecule is O=[N+]([O-])c1cc(-c2ccccc2)cc([N+](=O)[O-])c1O. The van der Waals surface area contributed by atoms with Gasteiger partial charge in [0.25, 0.3) is 5.75 Å². The first-order valence-electron chi connectivity index (χ1n) is 5.22. The molecule has 0 unspecified atom stereocenters. The van der Waals surface area contributed by atoms with Crippen LogP contribution in [0.4, 0.5) is 11.4 Å². The Labute approximate surface area is 107 Å². The Morgan fingerprint density at radius 2 is 1.32 bits per heavy atom. The monoisotopic (exact) mass is 260 g/mol. The third kappa shape index (κ3) is 2.34. The molecule has 1 N–H and O–H groups in total. The molecule has 0 saturated carbocycles. The quantitative estimate of drug-likeness (QED) is 0.674. The van der Waals surface area contributed by atoms with Crippen LogP contribution in [0.2, 0.25) is 0 Å².